The smallest absolute Gasteiger partial charge is 0.332 e. The lowest BCUT2D eigenvalue weighted by molar-refractivity contribution is -0.164. The molecule has 88 valence electrons. The average Bonchev–Trinajstić information content (AvgIpc) is 2.12. The monoisotopic (exact) mass is 217 g/mol. The molecular formula is C10H19NO4. The molecule has 0 radical (unpaired) electrons. The molecule has 5 heteroatoms. The van der Waals surface area contributed by atoms with E-state index in [0.717, 1.165) is 13.1 Å². The lowest BCUT2D eigenvalue weighted by Crippen LogP contribution is -2.59. The maximum Gasteiger partial charge on any atom is 0.332 e. The molecule has 0 amide bonds. The number of nitrogens with one attached hydrogen (secondary N) is 1. The van der Waals surface area contributed by atoms with Crippen LogP contribution in [0.15, 0.2) is 0 Å². The van der Waals surface area contributed by atoms with Crippen molar-refractivity contribution in [3.05, 3.63) is 0 Å². The summed E-state index contributed by atoms with van der Waals surface area (Å²) in [5.41, 5.74) is -0.205. The van der Waals surface area contributed by atoms with Gasteiger partial charge in [0, 0.05) is 20.2 Å². The fraction of sp³-hybridized carbons (Fsp3) is 0.900. The SMILES string of the molecule is COCC(C)OC(=O)COC1(C)CNC1. The van der Waals surface area contributed by atoms with E-state index in [1.165, 1.54) is 0 Å². The Morgan fingerprint density at radius 3 is 2.67 bits per heavy atom. The fourth-order valence-corrected chi connectivity index (χ4v) is 1.34. The molecule has 1 N–H and O–H groups in total. The van der Waals surface area contributed by atoms with Crippen molar-refractivity contribution >= 4 is 5.97 Å². The second-order valence-corrected chi connectivity index (χ2v) is 4.10. The molecule has 0 aromatic heterocycles. The number of rotatable bonds is 6. The average molecular weight is 217 g/mol. The zero-order valence-corrected chi connectivity index (χ0v) is 9.54. The molecule has 1 aliphatic rings. The van der Waals surface area contributed by atoms with Gasteiger partial charge in [-0.3, -0.25) is 0 Å². The van der Waals surface area contributed by atoms with Gasteiger partial charge in [-0.05, 0) is 13.8 Å². The van der Waals surface area contributed by atoms with Gasteiger partial charge in [-0.15, -0.1) is 0 Å². The van der Waals surface area contributed by atoms with Gasteiger partial charge in [0.05, 0.1) is 12.2 Å². The molecule has 1 fully saturated rings. The number of hydrogen-bond acceptors (Lipinski definition) is 5. The molecular weight excluding hydrogens is 198 g/mol. The Hall–Kier alpha value is -0.650. The summed E-state index contributed by atoms with van der Waals surface area (Å²) >= 11 is 0. The van der Waals surface area contributed by atoms with E-state index < -0.39 is 0 Å². The summed E-state index contributed by atoms with van der Waals surface area (Å²) < 4.78 is 15.3. The van der Waals surface area contributed by atoms with Crippen LogP contribution in [0.2, 0.25) is 0 Å². The zero-order valence-electron chi connectivity index (χ0n) is 9.54. The van der Waals surface area contributed by atoms with E-state index in [4.69, 9.17) is 14.2 Å². The maximum absolute atomic E-state index is 11.3. The van der Waals surface area contributed by atoms with Gasteiger partial charge in [-0.2, -0.15) is 0 Å². The standard InChI is InChI=1S/C10H19NO4/c1-8(4-13-3)15-9(12)5-14-10(2)6-11-7-10/h8,11H,4-7H2,1-3H3. The first-order valence-corrected chi connectivity index (χ1v) is 5.09. The van der Waals surface area contributed by atoms with Crippen molar-refractivity contribution in [2.24, 2.45) is 0 Å². The Morgan fingerprint density at radius 1 is 1.53 bits per heavy atom. The Morgan fingerprint density at radius 2 is 2.20 bits per heavy atom. The maximum atomic E-state index is 11.3. The van der Waals surface area contributed by atoms with Gasteiger partial charge in [-0.25, -0.2) is 4.79 Å². The minimum absolute atomic E-state index is 0.00618. The first kappa shape index (κ1) is 12.4. The van der Waals surface area contributed by atoms with Gasteiger partial charge in [0.25, 0.3) is 0 Å². The Kier molecular flexibility index (Phi) is 4.50. The van der Waals surface area contributed by atoms with Crippen molar-refractivity contribution in [1.82, 2.24) is 5.32 Å². The summed E-state index contributed by atoms with van der Waals surface area (Å²) in [6.45, 7) is 5.74. The van der Waals surface area contributed by atoms with E-state index in [9.17, 15) is 4.79 Å². The molecule has 1 aliphatic heterocycles. The molecule has 0 spiro atoms. The molecule has 1 atom stereocenters. The minimum atomic E-state index is -0.340. The highest BCUT2D eigenvalue weighted by atomic mass is 16.6. The van der Waals surface area contributed by atoms with Crippen molar-refractivity contribution in [2.45, 2.75) is 25.6 Å². The van der Waals surface area contributed by atoms with Crippen LogP contribution in [0, 0.1) is 0 Å². The second-order valence-electron chi connectivity index (χ2n) is 4.10. The third-order valence-electron chi connectivity index (χ3n) is 2.27. The van der Waals surface area contributed by atoms with Gasteiger partial charge in [-0.1, -0.05) is 0 Å². The third kappa shape index (κ3) is 4.15. The Balaban J connectivity index is 2.13. The first-order chi connectivity index (χ1) is 7.06. The van der Waals surface area contributed by atoms with Crippen molar-refractivity contribution in [2.75, 3.05) is 33.4 Å². The van der Waals surface area contributed by atoms with Gasteiger partial charge >= 0.3 is 5.97 Å². The molecule has 0 bridgehead atoms. The van der Waals surface area contributed by atoms with Crippen LogP contribution in [0.1, 0.15) is 13.8 Å². The third-order valence-corrected chi connectivity index (χ3v) is 2.27. The molecule has 0 aliphatic carbocycles. The first-order valence-electron chi connectivity index (χ1n) is 5.09. The van der Waals surface area contributed by atoms with Crippen LogP contribution in [0.5, 0.6) is 0 Å². The fourth-order valence-electron chi connectivity index (χ4n) is 1.34. The number of hydrogen-bond donors (Lipinski definition) is 1. The molecule has 1 unspecified atom stereocenters. The minimum Gasteiger partial charge on any atom is -0.459 e. The van der Waals surface area contributed by atoms with Crippen LogP contribution in [0.4, 0.5) is 0 Å². The van der Waals surface area contributed by atoms with E-state index in [0.29, 0.717) is 6.61 Å². The highest BCUT2D eigenvalue weighted by molar-refractivity contribution is 5.70. The van der Waals surface area contributed by atoms with Crippen molar-refractivity contribution in [1.29, 1.82) is 0 Å². The summed E-state index contributed by atoms with van der Waals surface area (Å²) in [6.07, 6.45) is -0.224. The van der Waals surface area contributed by atoms with Gasteiger partial charge in [0.2, 0.25) is 0 Å². The van der Waals surface area contributed by atoms with E-state index in [1.807, 2.05) is 6.92 Å². The quantitative estimate of drug-likeness (QED) is 0.632. The summed E-state index contributed by atoms with van der Waals surface area (Å²) in [6, 6.07) is 0. The molecule has 15 heavy (non-hydrogen) atoms. The lowest BCUT2D eigenvalue weighted by atomic mass is 10.0. The van der Waals surface area contributed by atoms with Gasteiger partial charge < -0.3 is 19.5 Å². The molecule has 1 rings (SSSR count). The van der Waals surface area contributed by atoms with Crippen LogP contribution in [-0.2, 0) is 19.0 Å². The van der Waals surface area contributed by atoms with Gasteiger partial charge in [0.1, 0.15) is 12.7 Å². The molecule has 0 saturated carbocycles. The summed E-state index contributed by atoms with van der Waals surface area (Å²) in [5.74, 6) is -0.340. The van der Waals surface area contributed by atoms with E-state index in [-0.39, 0.29) is 24.3 Å². The van der Waals surface area contributed by atoms with Gasteiger partial charge in [0.15, 0.2) is 0 Å². The molecule has 1 saturated heterocycles. The second kappa shape index (κ2) is 5.44. The van der Waals surface area contributed by atoms with E-state index in [1.54, 1.807) is 14.0 Å². The zero-order chi connectivity index (χ0) is 11.3. The topological polar surface area (TPSA) is 56.8 Å². The summed E-state index contributed by atoms with van der Waals surface area (Å²) in [4.78, 5) is 11.3. The lowest BCUT2D eigenvalue weighted by Gasteiger charge is -2.38. The largest absolute Gasteiger partial charge is 0.459 e. The number of carbonyl (C=O) groups excluding carboxylic acids is 1. The molecule has 0 aromatic rings. The van der Waals surface area contributed by atoms with E-state index >= 15 is 0 Å². The highest BCUT2D eigenvalue weighted by Crippen LogP contribution is 2.14. The number of esters is 1. The summed E-state index contributed by atoms with van der Waals surface area (Å²) in [7, 11) is 1.57. The Labute approximate surface area is 90.1 Å². The molecule has 0 aromatic carbocycles. The number of ether oxygens (including phenoxy) is 3. The van der Waals surface area contributed by atoms with Crippen molar-refractivity contribution in [3.8, 4) is 0 Å². The van der Waals surface area contributed by atoms with E-state index in [2.05, 4.69) is 5.32 Å². The normalized spacial score (nSPS) is 20.5. The van der Waals surface area contributed by atoms with Crippen LogP contribution in [-0.4, -0.2) is 51.1 Å². The van der Waals surface area contributed by atoms with Crippen LogP contribution >= 0.6 is 0 Å². The van der Waals surface area contributed by atoms with Crippen molar-refractivity contribution in [3.63, 3.8) is 0 Å². The predicted molar refractivity (Wildman–Crippen MR) is 54.7 cm³/mol. The van der Waals surface area contributed by atoms with Crippen LogP contribution < -0.4 is 5.32 Å². The highest BCUT2D eigenvalue weighted by Gasteiger charge is 2.33. The molecule has 5 nitrogen and oxygen atoms in total. The van der Waals surface area contributed by atoms with Crippen LogP contribution in [0.25, 0.3) is 0 Å². The van der Waals surface area contributed by atoms with Crippen molar-refractivity contribution < 1.29 is 19.0 Å². The predicted octanol–water partition coefficient (Wildman–Crippen LogP) is -0.0570. The summed E-state index contributed by atoms with van der Waals surface area (Å²) in [5, 5.41) is 3.09. The Bertz CT molecular complexity index is 215. The number of carbonyl (C=O) groups is 1. The molecule has 1 heterocycles. The number of methoxy groups -OCH3 is 1. The van der Waals surface area contributed by atoms with Crippen LogP contribution in [0.3, 0.4) is 0 Å².